The van der Waals surface area contributed by atoms with Gasteiger partial charge in [0.25, 0.3) is 0 Å². The Morgan fingerprint density at radius 3 is 2.92 bits per heavy atom. The zero-order valence-electron chi connectivity index (χ0n) is 6.94. The lowest BCUT2D eigenvalue weighted by Crippen LogP contribution is -2.39. The molecule has 0 amide bonds. The first-order valence-electron chi connectivity index (χ1n) is 4.16. The molecule has 5 heteroatoms. The number of hydrogen-bond acceptors (Lipinski definition) is 4. The van der Waals surface area contributed by atoms with Gasteiger partial charge in [0.2, 0.25) is 0 Å². The fourth-order valence-electron chi connectivity index (χ4n) is 1.32. The van der Waals surface area contributed by atoms with Gasteiger partial charge in [-0.05, 0) is 12.8 Å². The van der Waals surface area contributed by atoms with E-state index >= 15 is 0 Å². The van der Waals surface area contributed by atoms with Crippen LogP contribution < -0.4 is 5.32 Å². The van der Waals surface area contributed by atoms with Gasteiger partial charge in [0.15, 0.2) is 0 Å². The van der Waals surface area contributed by atoms with Crippen molar-refractivity contribution in [3.8, 4) is 0 Å². The summed E-state index contributed by atoms with van der Waals surface area (Å²) in [4.78, 5) is 7.77. The maximum atomic E-state index is 9.06. The van der Waals surface area contributed by atoms with E-state index in [0.717, 1.165) is 12.8 Å². The topological polar surface area (TPSA) is 58.0 Å². The second-order valence-corrected chi connectivity index (χ2v) is 3.59. The van der Waals surface area contributed by atoms with Gasteiger partial charge in [0, 0.05) is 6.04 Å². The van der Waals surface area contributed by atoms with Crippen LogP contribution in [0.15, 0.2) is 12.5 Å². The molecule has 0 aromatic carbocycles. The lowest BCUT2D eigenvalue weighted by Gasteiger charge is -2.32. The van der Waals surface area contributed by atoms with Crippen molar-refractivity contribution in [3.63, 3.8) is 0 Å². The van der Waals surface area contributed by atoms with E-state index in [1.165, 1.54) is 6.33 Å². The molecule has 0 aliphatic heterocycles. The highest BCUT2D eigenvalue weighted by molar-refractivity contribution is 6.32. The SMILES string of the molecule is OC1CC(Nc2ncncc2Cl)C1. The summed E-state index contributed by atoms with van der Waals surface area (Å²) in [6.07, 6.45) is 4.36. The third-order valence-corrected chi connectivity index (χ3v) is 2.40. The number of aromatic nitrogens is 2. The third kappa shape index (κ3) is 1.89. The van der Waals surface area contributed by atoms with E-state index in [1.807, 2.05) is 0 Å². The molecule has 1 aliphatic carbocycles. The van der Waals surface area contributed by atoms with Crippen LogP contribution in [0, 0.1) is 0 Å². The molecular formula is C8H10ClN3O. The van der Waals surface area contributed by atoms with Crippen molar-refractivity contribution in [1.82, 2.24) is 9.97 Å². The monoisotopic (exact) mass is 199 g/mol. The summed E-state index contributed by atoms with van der Waals surface area (Å²) in [7, 11) is 0. The molecule has 13 heavy (non-hydrogen) atoms. The Labute approximate surface area is 81.0 Å². The summed E-state index contributed by atoms with van der Waals surface area (Å²) in [5.41, 5.74) is 0. The molecule has 1 saturated carbocycles. The summed E-state index contributed by atoms with van der Waals surface area (Å²) in [5.74, 6) is 0.647. The standard InChI is InChI=1S/C8H10ClN3O/c9-7-3-10-4-11-8(7)12-5-1-6(13)2-5/h3-6,13H,1-2H2,(H,10,11,12). The summed E-state index contributed by atoms with van der Waals surface area (Å²) in [6.45, 7) is 0. The van der Waals surface area contributed by atoms with E-state index in [4.69, 9.17) is 16.7 Å². The van der Waals surface area contributed by atoms with Crippen LogP contribution >= 0.6 is 11.6 Å². The number of nitrogens with zero attached hydrogens (tertiary/aromatic N) is 2. The van der Waals surface area contributed by atoms with Crippen molar-refractivity contribution in [2.24, 2.45) is 0 Å². The number of nitrogens with one attached hydrogen (secondary N) is 1. The minimum Gasteiger partial charge on any atom is -0.393 e. The van der Waals surface area contributed by atoms with E-state index in [1.54, 1.807) is 6.20 Å². The van der Waals surface area contributed by atoms with E-state index in [-0.39, 0.29) is 6.10 Å². The van der Waals surface area contributed by atoms with Gasteiger partial charge in [-0.25, -0.2) is 9.97 Å². The van der Waals surface area contributed by atoms with E-state index in [0.29, 0.717) is 16.9 Å². The molecule has 1 aliphatic rings. The van der Waals surface area contributed by atoms with Gasteiger partial charge in [-0.3, -0.25) is 0 Å². The second-order valence-electron chi connectivity index (χ2n) is 3.19. The van der Waals surface area contributed by atoms with Crippen LogP contribution in [0.1, 0.15) is 12.8 Å². The summed E-state index contributed by atoms with van der Waals surface area (Å²) >= 11 is 5.84. The first kappa shape index (κ1) is 8.72. The minimum atomic E-state index is -0.168. The Bertz CT molecular complexity index is 301. The molecule has 0 atom stereocenters. The summed E-state index contributed by atoms with van der Waals surface area (Å²) < 4.78 is 0. The first-order valence-corrected chi connectivity index (χ1v) is 4.53. The van der Waals surface area contributed by atoms with E-state index in [2.05, 4.69) is 15.3 Å². The van der Waals surface area contributed by atoms with E-state index < -0.39 is 0 Å². The van der Waals surface area contributed by atoms with Crippen LogP contribution in [0.25, 0.3) is 0 Å². The first-order chi connectivity index (χ1) is 6.25. The Hall–Kier alpha value is -0.870. The number of rotatable bonds is 2. The highest BCUT2D eigenvalue weighted by Crippen LogP contribution is 2.25. The molecule has 0 saturated heterocycles. The van der Waals surface area contributed by atoms with Gasteiger partial charge < -0.3 is 10.4 Å². The van der Waals surface area contributed by atoms with Crippen LogP contribution in [0.3, 0.4) is 0 Å². The summed E-state index contributed by atoms with van der Waals surface area (Å²) in [5, 5.41) is 12.7. The van der Waals surface area contributed by atoms with E-state index in [9.17, 15) is 0 Å². The zero-order chi connectivity index (χ0) is 9.26. The van der Waals surface area contributed by atoms with Crippen molar-refractivity contribution in [2.75, 3.05) is 5.32 Å². The molecule has 2 N–H and O–H groups in total. The fraction of sp³-hybridized carbons (Fsp3) is 0.500. The highest BCUT2D eigenvalue weighted by Gasteiger charge is 2.27. The number of anilines is 1. The van der Waals surface area contributed by atoms with Crippen LogP contribution in [0.4, 0.5) is 5.82 Å². The van der Waals surface area contributed by atoms with Gasteiger partial charge in [-0.2, -0.15) is 0 Å². The number of hydrogen-bond donors (Lipinski definition) is 2. The zero-order valence-corrected chi connectivity index (χ0v) is 7.70. The Morgan fingerprint density at radius 2 is 2.31 bits per heavy atom. The maximum absolute atomic E-state index is 9.06. The second kappa shape index (κ2) is 3.47. The van der Waals surface area contributed by atoms with Gasteiger partial charge in [0.05, 0.1) is 12.3 Å². The van der Waals surface area contributed by atoms with Gasteiger partial charge in [-0.1, -0.05) is 11.6 Å². The molecule has 0 spiro atoms. The van der Waals surface area contributed by atoms with Crippen molar-refractivity contribution in [3.05, 3.63) is 17.5 Å². The number of aliphatic hydroxyl groups excluding tert-OH is 1. The van der Waals surface area contributed by atoms with Crippen molar-refractivity contribution in [1.29, 1.82) is 0 Å². The Morgan fingerprint density at radius 1 is 1.54 bits per heavy atom. The van der Waals surface area contributed by atoms with Crippen LogP contribution in [-0.2, 0) is 0 Å². The highest BCUT2D eigenvalue weighted by atomic mass is 35.5. The molecule has 0 bridgehead atoms. The molecular weight excluding hydrogens is 190 g/mol. The molecule has 70 valence electrons. The van der Waals surface area contributed by atoms with Crippen molar-refractivity contribution >= 4 is 17.4 Å². The average Bonchev–Trinajstić information content (AvgIpc) is 2.06. The van der Waals surface area contributed by atoms with Gasteiger partial charge >= 0.3 is 0 Å². The fourth-order valence-corrected chi connectivity index (χ4v) is 1.48. The molecule has 2 rings (SSSR count). The smallest absolute Gasteiger partial charge is 0.148 e. The molecule has 1 aromatic heterocycles. The maximum Gasteiger partial charge on any atom is 0.148 e. The third-order valence-electron chi connectivity index (χ3n) is 2.12. The minimum absolute atomic E-state index is 0.168. The predicted octanol–water partition coefficient (Wildman–Crippen LogP) is 1.07. The number of aliphatic hydroxyl groups is 1. The summed E-state index contributed by atoms with van der Waals surface area (Å²) in [6, 6.07) is 0.294. The molecule has 1 heterocycles. The largest absolute Gasteiger partial charge is 0.393 e. The van der Waals surface area contributed by atoms with Gasteiger partial charge in [0.1, 0.15) is 17.2 Å². The van der Waals surface area contributed by atoms with Crippen LogP contribution in [0.5, 0.6) is 0 Å². The lowest BCUT2D eigenvalue weighted by atomic mass is 9.89. The lowest BCUT2D eigenvalue weighted by molar-refractivity contribution is 0.0835. The van der Waals surface area contributed by atoms with Gasteiger partial charge in [-0.15, -0.1) is 0 Å². The van der Waals surface area contributed by atoms with Crippen LogP contribution in [0.2, 0.25) is 5.02 Å². The Kier molecular flexibility index (Phi) is 2.33. The Balaban J connectivity index is 1.98. The van der Waals surface area contributed by atoms with Crippen molar-refractivity contribution < 1.29 is 5.11 Å². The molecule has 1 aromatic rings. The molecule has 1 fully saturated rings. The van der Waals surface area contributed by atoms with Crippen molar-refractivity contribution in [2.45, 2.75) is 25.0 Å². The quantitative estimate of drug-likeness (QED) is 0.748. The molecule has 4 nitrogen and oxygen atoms in total. The van der Waals surface area contributed by atoms with Crippen LogP contribution in [-0.4, -0.2) is 27.2 Å². The molecule has 0 radical (unpaired) electrons. The number of halogens is 1. The molecule has 0 unspecified atom stereocenters. The normalized spacial score (nSPS) is 26.6. The predicted molar refractivity (Wildman–Crippen MR) is 49.7 cm³/mol. The average molecular weight is 200 g/mol.